The molecular weight excluding hydrogens is 460 g/mol. The lowest BCUT2D eigenvalue weighted by Gasteiger charge is -2.33. The number of carbonyl (C=O) groups excluding carboxylic acids is 1. The van der Waals surface area contributed by atoms with Crippen LogP contribution in [0.5, 0.6) is 10.9 Å². The first kappa shape index (κ1) is 21.6. The molecule has 3 aromatic carbocycles. The molecule has 7 nitrogen and oxygen atoms in total. The van der Waals surface area contributed by atoms with Crippen molar-refractivity contribution in [2.24, 2.45) is 0 Å². The summed E-state index contributed by atoms with van der Waals surface area (Å²) in [5.74, 6) is 1.61. The number of amides is 1. The molecule has 8 heteroatoms. The third kappa shape index (κ3) is 4.44. The number of ether oxygens (including phenoxy) is 2. The molecule has 2 N–H and O–H groups in total. The first-order valence-electron chi connectivity index (χ1n) is 11.6. The van der Waals surface area contributed by atoms with Gasteiger partial charge in [-0.2, -0.15) is 5.10 Å². The zero-order valence-corrected chi connectivity index (χ0v) is 20.0. The van der Waals surface area contributed by atoms with E-state index < -0.39 is 0 Å². The molecular formula is C27H24N4O3S. The van der Waals surface area contributed by atoms with E-state index in [0.29, 0.717) is 23.4 Å². The highest BCUT2D eigenvalue weighted by Crippen LogP contribution is 2.40. The summed E-state index contributed by atoms with van der Waals surface area (Å²) >= 11 is 1.53. The minimum absolute atomic E-state index is 0.0818. The lowest BCUT2D eigenvalue weighted by molar-refractivity contribution is -0.115. The number of aromatic amines is 1. The Hall–Kier alpha value is -3.91. The molecule has 0 spiro atoms. The van der Waals surface area contributed by atoms with Gasteiger partial charge in [0.25, 0.3) is 5.19 Å². The number of hydrogen-bond acceptors (Lipinski definition) is 6. The fraction of sp³-hybridized carbons (Fsp3) is 0.222. The molecule has 0 saturated heterocycles. The van der Waals surface area contributed by atoms with Gasteiger partial charge in [0, 0.05) is 17.7 Å². The summed E-state index contributed by atoms with van der Waals surface area (Å²) in [5, 5.41) is 13.2. The molecule has 5 aromatic rings. The molecule has 2 heterocycles. The molecule has 1 saturated carbocycles. The molecule has 0 atom stereocenters. The van der Waals surface area contributed by atoms with Crippen LogP contribution in [-0.2, 0) is 11.2 Å². The monoisotopic (exact) mass is 484 g/mol. The Morgan fingerprint density at radius 2 is 1.97 bits per heavy atom. The average molecular weight is 485 g/mol. The van der Waals surface area contributed by atoms with Crippen LogP contribution >= 0.6 is 11.3 Å². The highest BCUT2D eigenvalue weighted by molar-refractivity contribution is 7.20. The molecule has 6 rings (SSSR count). The lowest BCUT2D eigenvalue weighted by Crippen LogP contribution is -2.32. The van der Waals surface area contributed by atoms with E-state index in [0.717, 1.165) is 50.8 Å². The lowest BCUT2D eigenvalue weighted by atomic mass is 9.80. The SMILES string of the molecule is COc1ccc2nc(OC3CC(c4cc(NC(=O)Cc5cccc6ccccc56)n[nH]4)C3)sc2c1. The van der Waals surface area contributed by atoms with Crippen molar-refractivity contribution in [1.82, 2.24) is 15.2 Å². The summed E-state index contributed by atoms with van der Waals surface area (Å²) in [6, 6.07) is 21.9. The largest absolute Gasteiger partial charge is 0.497 e. The van der Waals surface area contributed by atoms with Crippen molar-refractivity contribution >= 4 is 44.1 Å². The Balaban J connectivity index is 1.04. The number of fused-ring (bicyclic) bond motifs is 2. The molecule has 2 aromatic heterocycles. The van der Waals surface area contributed by atoms with Crippen LogP contribution in [0.1, 0.15) is 30.0 Å². The van der Waals surface area contributed by atoms with E-state index in [1.807, 2.05) is 54.6 Å². The standard InChI is InChI=1S/C27H24N4O3S/c1-33-19-9-10-22-24(14-19)35-27(28-22)34-20-11-18(12-20)23-15-25(31-30-23)29-26(32)13-17-7-4-6-16-5-2-3-8-21(16)17/h2-10,14-15,18,20H,11-13H2,1H3,(H2,29,30,31,32). The molecule has 1 aliphatic carbocycles. The van der Waals surface area contributed by atoms with Gasteiger partial charge in [-0.05, 0) is 47.4 Å². The summed E-state index contributed by atoms with van der Waals surface area (Å²) < 4.78 is 12.4. The van der Waals surface area contributed by atoms with Gasteiger partial charge in [-0.25, -0.2) is 4.98 Å². The summed E-state index contributed by atoms with van der Waals surface area (Å²) in [5.41, 5.74) is 2.93. The highest BCUT2D eigenvalue weighted by atomic mass is 32.1. The Morgan fingerprint density at radius 1 is 1.11 bits per heavy atom. The van der Waals surface area contributed by atoms with Crippen molar-refractivity contribution in [2.45, 2.75) is 31.3 Å². The van der Waals surface area contributed by atoms with Gasteiger partial charge in [0.05, 0.1) is 23.7 Å². The topological polar surface area (TPSA) is 89.1 Å². The van der Waals surface area contributed by atoms with E-state index >= 15 is 0 Å². The second-order valence-electron chi connectivity index (χ2n) is 8.79. The van der Waals surface area contributed by atoms with Crippen LogP contribution in [0.15, 0.2) is 66.7 Å². The van der Waals surface area contributed by atoms with Gasteiger partial charge in [-0.3, -0.25) is 9.89 Å². The maximum Gasteiger partial charge on any atom is 0.274 e. The average Bonchev–Trinajstić information content (AvgIpc) is 3.47. The third-order valence-corrected chi connectivity index (χ3v) is 7.38. The Labute approximate surface area is 206 Å². The number of benzene rings is 3. The number of anilines is 1. The summed E-state index contributed by atoms with van der Waals surface area (Å²) in [6.07, 6.45) is 2.18. The zero-order valence-electron chi connectivity index (χ0n) is 19.2. The fourth-order valence-electron chi connectivity index (χ4n) is 4.54. The van der Waals surface area contributed by atoms with Gasteiger partial charge in [0.2, 0.25) is 5.91 Å². The molecule has 0 aliphatic heterocycles. The number of methoxy groups -OCH3 is 1. The number of rotatable bonds is 7. The quantitative estimate of drug-likeness (QED) is 0.310. The predicted molar refractivity (Wildman–Crippen MR) is 137 cm³/mol. The Morgan fingerprint density at radius 3 is 2.86 bits per heavy atom. The van der Waals surface area contributed by atoms with Crippen molar-refractivity contribution in [3.05, 3.63) is 78.0 Å². The van der Waals surface area contributed by atoms with Gasteiger partial charge in [0.15, 0.2) is 5.82 Å². The number of thiazole rings is 1. The number of nitrogens with zero attached hydrogens (tertiary/aromatic N) is 2. The van der Waals surface area contributed by atoms with Crippen LogP contribution in [-0.4, -0.2) is 34.3 Å². The first-order chi connectivity index (χ1) is 17.1. The van der Waals surface area contributed by atoms with Gasteiger partial charge in [-0.15, -0.1) is 0 Å². The number of aromatic nitrogens is 3. The number of nitrogens with one attached hydrogen (secondary N) is 2. The van der Waals surface area contributed by atoms with E-state index in [4.69, 9.17) is 9.47 Å². The maximum atomic E-state index is 12.7. The molecule has 0 bridgehead atoms. The minimum atomic E-state index is -0.0818. The zero-order chi connectivity index (χ0) is 23.8. The van der Waals surface area contributed by atoms with Crippen LogP contribution in [0.25, 0.3) is 21.0 Å². The minimum Gasteiger partial charge on any atom is -0.497 e. The van der Waals surface area contributed by atoms with Crippen molar-refractivity contribution in [3.8, 4) is 10.9 Å². The smallest absolute Gasteiger partial charge is 0.274 e. The van der Waals surface area contributed by atoms with Gasteiger partial charge in [-0.1, -0.05) is 53.8 Å². The molecule has 0 unspecified atom stereocenters. The van der Waals surface area contributed by atoms with E-state index in [-0.39, 0.29) is 12.0 Å². The van der Waals surface area contributed by atoms with E-state index in [9.17, 15) is 4.79 Å². The Kier molecular flexibility index (Phi) is 5.58. The maximum absolute atomic E-state index is 12.7. The molecule has 35 heavy (non-hydrogen) atoms. The van der Waals surface area contributed by atoms with Crippen molar-refractivity contribution in [2.75, 3.05) is 12.4 Å². The van der Waals surface area contributed by atoms with Gasteiger partial charge < -0.3 is 14.8 Å². The second kappa shape index (κ2) is 9.03. The van der Waals surface area contributed by atoms with Crippen LogP contribution < -0.4 is 14.8 Å². The Bertz CT molecular complexity index is 1510. The first-order valence-corrected chi connectivity index (χ1v) is 12.4. The summed E-state index contributed by atoms with van der Waals surface area (Å²) in [7, 11) is 1.66. The van der Waals surface area contributed by atoms with Crippen molar-refractivity contribution in [3.63, 3.8) is 0 Å². The summed E-state index contributed by atoms with van der Waals surface area (Å²) in [6.45, 7) is 0. The summed E-state index contributed by atoms with van der Waals surface area (Å²) in [4.78, 5) is 17.2. The fourth-order valence-corrected chi connectivity index (χ4v) is 5.45. The third-order valence-electron chi connectivity index (χ3n) is 6.47. The van der Waals surface area contributed by atoms with E-state index in [2.05, 4.69) is 32.6 Å². The van der Waals surface area contributed by atoms with Crippen LogP contribution in [0, 0.1) is 0 Å². The molecule has 1 aliphatic rings. The number of hydrogen-bond donors (Lipinski definition) is 2. The highest BCUT2D eigenvalue weighted by Gasteiger charge is 2.34. The van der Waals surface area contributed by atoms with Gasteiger partial charge >= 0.3 is 0 Å². The molecule has 0 radical (unpaired) electrons. The number of H-pyrrole nitrogens is 1. The van der Waals surface area contributed by atoms with Gasteiger partial charge in [0.1, 0.15) is 11.9 Å². The van der Waals surface area contributed by atoms with Crippen LogP contribution in [0.2, 0.25) is 0 Å². The van der Waals surface area contributed by atoms with Crippen LogP contribution in [0.3, 0.4) is 0 Å². The molecule has 1 amide bonds. The molecule has 1 fully saturated rings. The van der Waals surface area contributed by atoms with E-state index in [1.54, 1.807) is 7.11 Å². The van der Waals surface area contributed by atoms with E-state index in [1.165, 1.54) is 11.3 Å². The van der Waals surface area contributed by atoms with Crippen molar-refractivity contribution in [1.29, 1.82) is 0 Å². The predicted octanol–water partition coefficient (Wildman–Crippen LogP) is 5.69. The number of carbonyl (C=O) groups is 1. The van der Waals surface area contributed by atoms with Crippen LogP contribution in [0.4, 0.5) is 5.82 Å². The molecule has 176 valence electrons. The normalized spacial score (nSPS) is 17.3. The van der Waals surface area contributed by atoms with Crippen molar-refractivity contribution < 1.29 is 14.3 Å². The second-order valence-corrected chi connectivity index (χ2v) is 9.79.